The second-order valence-corrected chi connectivity index (χ2v) is 17.6. The third-order valence-electron chi connectivity index (χ3n) is 8.26. The summed E-state index contributed by atoms with van der Waals surface area (Å²) in [5.74, 6) is 2.65. The van der Waals surface area contributed by atoms with Crippen LogP contribution in [0.3, 0.4) is 0 Å². The summed E-state index contributed by atoms with van der Waals surface area (Å²) in [6.45, 7) is 22.8. The number of halogens is 1. The molecule has 0 amide bonds. The minimum atomic E-state index is -1.97. The van der Waals surface area contributed by atoms with Gasteiger partial charge in [-0.3, -0.25) is 4.98 Å². The normalized spacial score (nSPS) is 14.3. The third kappa shape index (κ3) is 5.95. The molecule has 0 bridgehead atoms. The van der Waals surface area contributed by atoms with Gasteiger partial charge >= 0.3 is 0 Å². The van der Waals surface area contributed by atoms with E-state index in [1.807, 2.05) is 51.2 Å². The first-order chi connectivity index (χ1) is 19.7. The van der Waals surface area contributed by atoms with Crippen molar-refractivity contribution in [2.24, 2.45) is 0 Å². The van der Waals surface area contributed by atoms with Gasteiger partial charge in [-0.05, 0) is 75.7 Å². The highest BCUT2D eigenvalue weighted by molar-refractivity contribution is 6.74. The molecule has 0 fully saturated rings. The number of ether oxygens (including phenoxy) is 1. The quantitative estimate of drug-likeness (QED) is 0.188. The van der Waals surface area contributed by atoms with Gasteiger partial charge in [0.2, 0.25) is 0 Å². The maximum atomic E-state index is 6.77. The molecule has 0 N–H and O–H groups in total. The molecule has 1 aliphatic rings. The van der Waals surface area contributed by atoms with Crippen LogP contribution >= 0.6 is 11.6 Å². The molecule has 10 heteroatoms. The number of hydrogen-bond acceptors (Lipinski definition) is 8. The number of anilines is 1. The van der Waals surface area contributed by atoms with E-state index in [-0.39, 0.29) is 11.1 Å². The van der Waals surface area contributed by atoms with Crippen LogP contribution in [0.4, 0.5) is 5.82 Å². The van der Waals surface area contributed by atoms with Crippen molar-refractivity contribution in [1.82, 2.24) is 20.1 Å². The zero-order valence-corrected chi connectivity index (χ0v) is 27.5. The highest BCUT2D eigenvalue weighted by Gasteiger charge is 2.38. The van der Waals surface area contributed by atoms with Crippen LogP contribution in [0.25, 0.3) is 22.6 Å². The van der Waals surface area contributed by atoms with Gasteiger partial charge in [-0.2, -0.15) is 0 Å². The minimum Gasteiger partial charge on any atom is -0.491 e. The number of benzene rings is 1. The number of rotatable bonds is 8. The van der Waals surface area contributed by atoms with E-state index in [2.05, 4.69) is 61.9 Å². The molecule has 4 heterocycles. The SMILES string of the molecule is [CH2][C@H](COc1ccc(Cl)c(-c2nc(-c3c(C)noc3C)c(C)c(N3Cc4cccnc4C3)n2)c1)O[Si](C)(C)C(C)(C)C. The van der Waals surface area contributed by atoms with E-state index in [1.54, 1.807) is 0 Å². The third-order valence-corrected chi connectivity index (χ3v) is 13.1. The second-order valence-electron chi connectivity index (χ2n) is 12.5. The fraction of sp³-hybridized carbons (Fsp3) is 0.406. The highest BCUT2D eigenvalue weighted by atomic mass is 35.5. The number of hydrogen-bond donors (Lipinski definition) is 0. The van der Waals surface area contributed by atoms with E-state index < -0.39 is 8.32 Å². The van der Waals surface area contributed by atoms with Crippen molar-refractivity contribution in [3.8, 4) is 28.4 Å². The summed E-state index contributed by atoms with van der Waals surface area (Å²) < 4.78 is 18.1. The standard InChI is InChI=1S/C32H39ClN5O3Si/c1-19(41-42(8,9)32(5,6)7)18-39-24-12-13-26(33)25(15-24)30-35-29(28-21(3)37-40-22(28)4)20(2)31(36-30)38-16-23-11-10-14-34-27(23)17-38/h10-15,19H,1,16-18H2,2-9H3/t19-/m1/s1. The first-order valence-corrected chi connectivity index (χ1v) is 17.5. The van der Waals surface area contributed by atoms with Crippen molar-refractivity contribution in [2.45, 2.75) is 78.9 Å². The smallest absolute Gasteiger partial charge is 0.192 e. The molecule has 0 saturated heterocycles. The highest BCUT2D eigenvalue weighted by Crippen LogP contribution is 2.39. The van der Waals surface area contributed by atoms with Gasteiger partial charge in [0.05, 0.1) is 40.3 Å². The van der Waals surface area contributed by atoms with Crippen molar-refractivity contribution >= 4 is 25.7 Å². The van der Waals surface area contributed by atoms with E-state index in [0.717, 1.165) is 34.0 Å². The number of pyridine rings is 1. The van der Waals surface area contributed by atoms with Gasteiger partial charge in [-0.15, -0.1) is 0 Å². The monoisotopic (exact) mass is 604 g/mol. The topological polar surface area (TPSA) is 86.4 Å². The minimum absolute atomic E-state index is 0.0859. The lowest BCUT2D eigenvalue weighted by Gasteiger charge is -2.38. The lowest BCUT2D eigenvalue weighted by atomic mass is 10.0. The average molecular weight is 605 g/mol. The fourth-order valence-corrected chi connectivity index (χ4v) is 6.39. The first kappa shape index (κ1) is 30.2. The van der Waals surface area contributed by atoms with Gasteiger partial charge in [0.25, 0.3) is 0 Å². The van der Waals surface area contributed by atoms with Gasteiger partial charge in [0.15, 0.2) is 14.1 Å². The first-order valence-electron chi connectivity index (χ1n) is 14.2. The predicted octanol–water partition coefficient (Wildman–Crippen LogP) is 7.90. The second kappa shape index (κ2) is 11.4. The fourth-order valence-electron chi connectivity index (χ4n) is 4.93. The Morgan fingerprint density at radius 3 is 2.55 bits per heavy atom. The number of nitrogens with zero attached hydrogens (tertiary/aromatic N) is 5. The number of aromatic nitrogens is 4. The molecule has 4 aromatic rings. The summed E-state index contributed by atoms with van der Waals surface area (Å²) in [7, 11) is -1.97. The molecule has 3 aromatic heterocycles. The summed E-state index contributed by atoms with van der Waals surface area (Å²) in [5.41, 5.74) is 6.23. The molecule has 0 unspecified atom stereocenters. The van der Waals surface area contributed by atoms with Crippen LogP contribution in [0, 0.1) is 27.7 Å². The van der Waals surface area contributed by atoms with Crippen LogP contribution in [0.5, 0.6) is 5.75 Å². The van der Waals surface area contributed by atoms with Crippen molar-refractivity contribution in [1.29, 1.82) is 0 Å². The Balaban J connectivity index is 1.51. The lowest BCUT2D eigenvalue weighted by molar-refractivity contribution is 0.148. The van der Waals surface area contributed by atoms with Crippen LogP contribution in [-0.4, -0.2) is 41.1 Å². The van der Waals surface area contributed by atoms with E-state index in [4.69, 9.17) is 35.3 Å². The van der Waals surface area contributed by atoms with Crippen LogP contribution in [0.1, 0.15) is 49.0 Å². The molecule has 0 saturated carbocycles. The summed E-state index contributed by atoms with van der Waals surface area (Å²) in [4.78, 5) is 16.9. The van der Waals surface area contributed by atoms with Gasteiger partial charge in [0, 0.05) is 23.9 Å². The Morgan fingerprint density at radius 1 is 1.12 bits per heavy atom. The van der Waals surface area contributed by atoms with Crippen LogP contribution in [0.2, 0.25) is 23.2 Å². The molecule has 0 aliphatic carbocycles. The van der Waals surface area contributed by atoms with Crippen LogP contribution in [-0.2, 0) is 17.5 Å². The largest absolute Gasteiger partial charge is 0.491 e. The van der Waals surface area contributed by atoms with Gasteiger partial charge in [-0.1, -0.05) is 43.6 Å². The molecular formula is C32H39ClN5O3Si. The summed E-state index contributed by atoms with van der Waals surface area (Å²) >= 11 is 6.77. The molecule has 1 radical (unpaired) electrons. The Kier molecular flexibility index (Phi) is 8.22. The van der Waals surface area contributed by atoms with Crippen molar-refractivity contribution in [3.05, 3.63) is 76.8 Å². The molecular weight excluding hydrogens is 566 g/mol. The Labute approximate surface area is 254 Å². The van der Waals surface area contributed by atoms with E-state index >= 15 is 0 Å². The van der Waals surface area contributed by atoms with Crippen LogP contribution < -0.4 is 9.64 Å². The van der Waals surface area contributed by atoms with Crippen molar-refractivity contribution in [3.63, 3.8) is 0 Å². The molecule has 1 aromatic carbocycles. The maximum Gasteiger partial charge on any atom is 0.192 e. The molecule has 5 rings (SSSR count). The average Bonchev–Trinajstić information content (AvgIpc) is 3.50. The van der Waals surface area contributed by atoms with Gasteiger partial charge in [-0.25, -0.2) is 9.97 Å². The maximum absolute atomic E-state index is 6.77. The van der Waals surface area contributed by atoms with Gasteiger partial charge in [0.1, 0.15) is 23.9 Å². The number of fused-ring (bicyclic) bond motifs is 1. The predicted molar refractivity (Wildman–Crippen MR) is 169 cm³/mol. The molecule has 8 nitrogen and oxygen atoms in total. The Hall–Kier alpha value is -3.27. The molecule has 1 aliphatic heterocycles. The Morgan fingerprint density at radius 2 is 1.88 bits per heavy atom. The van der Waals surface area contributed by atoms with Crippen molar-refractivity contribution in [2.75, 3.05) is 11.5 Å². The number of aryl methyl sites for hydroxylation is 2. The van der Waals surface area contributed by atoms with E-state index in [0.29, 0.717) is 47.6 Å². The molecule has 42 heavy (non-hydrogen) atoms. The van der Waals surface area contributed by atoms with E-state index in [9.17, 15) is 0 Å². The zero-order chi connectivity index (χ0) is 30.4. The van der Waals surface area contributed by atoms with Gasteiger partial charge < -0.3 is 18.6 Å². The summed E-state index contributed by atoms with van der Waals surface area (Å²) in [5, 5.41) is 4.80. The zero-order valence-electron chi connectivity index (χ0n) is 25.7. The molecule has 221 valence electrons. The summed E-state index contributed by atoms with van der Waals surface area (Å²) in [6, 6.07) is 9.62. The lowest BCUT2D eigenvalue weighted by Crippen LogP contribution is -2.44. The van der Waals surface area contributed by atoms with E-state index in [1.165, 1.54) is 5.56 Å². The van der Waals surface area contributed by atoms with Crippen LogP contribution in [0.15, 0.2) is 41.1 Å². The molecule has 1 atom stereocenters. The molecule has 0 spiro atoms. The summed E-state index contributed by atoms with van der Waals surface area (Å²) in [6.07, 6.45) is 1.53. The van der Waals surface area contributed by atoms with Crippen molar-refractivity contribution < 1.29 is 13.7 Å². The Bertz CT molecular complexity index is 1570.